The summed E-state index contributed by atoms with van der Waals surface area (Å²) in [6.45, 7) is 2.60. The van der Waals surface area contributed by atoms with E-state index in [4.69, 9.17) is 5.21 Å². The molecular formula is C21H24N4O3. The highest BCUT2D eigenvalue weighted by Crippen LogP contribution is 2.19. The number of para-hydroxylation sites is 1. The molecule has 0 aliphatic carbocycles. The van der Waals surface area contributed by atoms with Crippen LogP contribution in [0.4, 0.5) is 16.2 Å². The standard InChI is InChI=1S/C21H24N4O3/c1-15-5-2-3-7-19(15)24-21(27)23-17-10-8-16(9-11-17)13-20(26)25-12-4-6-18(25)14-22-28/h2-3,5,7-11,14,18,28H,4,6,12-13H2,1H3,(H2,23,24,27)/b22-14-. The second-order valence-electron chi connectivity index (χ2n) is 6.83. The number of rotatable bonds is 5. The average Bonchev–Trinajstić information content (AvgIpc) is 3.14. The molecule has 2 aromatic carbocycles. The van der Waals surface area contributed by atoms with Gasteiger partial charge in [0.2, 0.25) is 5.91 Å². The van der Waals surface area contributed by atoms with Crippen molar-refractivity contribution in [1.82, 2.24) is 4.90 Å². The number of likely N-dealkylation sites (tertiary alicyclic amines) is 1. The van der Waals surface area contributed by atoms with Crippen LogP contribution in [0.25, 0.3) is 0 Å². The summed E-state index contributed by atoms with van der Waals surface area (Å²) in [6.07, 6.45) is 3.40. The van der Waals surface area contributed by atoms with Crippen molar-refractivity contribution in [3.05, 3.63) is 59.7 Å². The van der Waals surface area contributed by atoms with E-state index in [2.05, 4.69) is 15.8 Å². The first-order valence-electron chi connectivity index (χ1n) is 9.26. The number of hydrogen-bond acceptors (Lipinski definition) is 4. The van der Waals surface area contributed by atoms with Gasteiger partial charge in [-0.3, -0.25) is 4.79 Å². The van der Waals surface area contributed by atoms with Crippen molar-refractivity contribution >= 4 is 29.5 Å². The van der Waals surface area contributed by atoms with Crippen LogP contribution in [0.3, 0.4) is 0 Å². The molecule has 1 saturated heterocycles. The monoisotopic (exact) mass is 380 g/mol. The van der Waals surface area contributed by atoms with Crippen LogP contribution in [-0.4, -0.2) is 40.8 Å². The Kier molecular flexibility index (Phi) is 6.26. The predicted molar refractivity (Wildman–Crippen MR) is 109 cm³/mol. The van der Waals surface area contributed by atoms with Gasteiger partial charge in [0.25, 0.3) is 0 Å². The van der Waals surface area contributed by atoms with Crippen LogP contribution in [0.1, 0.15) is 24.0 Å². The van der Waals surface area contributed by atoms with Gasteiger partial charge in [-0.1, -0.05) is 35.5 Å². The average molecular weight is 380 g/mol. The van der Waals surface area contributed by atoms with E-state index in [0.717, 1.165) is 29.7 Å². The van der Waals surface area contributed by atoms with Crippen molar-refractivity contribution in [2.45, 2.75) is 32.2 Å². The molecule has 0 aromatic heterocycles. The van der Waals surface area contributed by atoms with Gasteiger partial charge in [0, 0.05) is 17.9 Å². The minimum absolute atomic E-state index is 0.000375. The molecule has 1 aliphatic rings. The number of anilines is 2. The molecule has 2 aromatic rings. The van der Waals surface area contributed by atoms with Gasteiger partial charge in [-0.15, -0.1) is 0 Å². The Balaban J connectivity index is 1.55. The zero-order chi connectivity index (χ0) is 19.9. The van der Waals surface area contributed by atoms with Gasteiger partial charge in [0.1, 0.15) is 0 Å². The third-order valence-corrected chi connectivity index (χ3v) is 4.82. The summed E-state index contributed by atoms with van der Waals surface area (Å²) in [7, 11) is 0. The number of aryl methyl sites for hydroxylation is 1. The topological polar surface area (TPSA) is 94.0 Å². The van der Waals surface area contributed by atoms with E-state index in [1.54, 1.807) is 17.0 Å². The van der Waals surface area contributed by atoms with Crippen molar-refractivity contribution in [3.63, 3.8) is 0 Å². The summed E-state index contributed by atoms with van der Waals surface area (Å²) >= 11 is 0. The highest BCUT2D eigenvalue weighted by Gasteiger charge is 2.27. The maximum Gasteiger partial charge on any atom is 0.323 e. The molecule has 0 bridgehead atoms. The molecule has 7 heteroatoms. The highest BCUT2D eigenvalue weighted by atomic mass is 16.4. The number of benzene rings is 2. The molecular weight excluding hydrogens is 356 g/mol. The van der Waals surface area contributed by atoms with Crippen LogP contribution in [0.5, 0.6) is 0 Å². The zero-order valence-electron chi connectivity index (χ0n) is 15.8. The Hall–Kier alpha value is -3.35. The summed E-state index contributed by atoms with van der Waals surface area (Å²) in [5, 5.41) is 17.4. The molecule has 1 aliphatic heterocycles. The fourth-order valence-corrected chi connectivity index (χ4v) is 3.31. The molecule has 146 valence electrons. The number of nitrogens with zero attached hydrogens (tertiary/aromatic N) is 2. The van der Waals surface area contributed by atoms with E-state index < -0.39 is 0 Å². The lowest BCUT2D eigenvalue weighted by molar-refractivity contribution is -0.130. The number of urea groups is 1. The smallest absolute Gasteiger partial charge is 0.323 e. The van der Waals surface area contributed by atoms with Gasteiger partial charge < -0.3 is 20.7 Å². The normalized spacial score (nSPS) is 16.3. The third-order valence-electron chi connectivity index (χ3n) is 4.82. The molecule has 28 heavy (non-hydrogen) atoms. The number of carbonyl (C=O) groups is 2. The predicted octanol–water partition coefficient (Wildman–Crippen LogP) is 3.63. The first kappa shape index (κ1) is 19.4. The van der Waals surface area contributed by atoms with E-state index >= 15 is 0 Å². The molecule has 1 atom stereocenters. The summed E-state index contributed by atoms with van der Waals surface area (Å²) in [4.78, 5) is 26.4. The van der Waals surface area contributed by atoms with Crippen LogP contribution in [0.15, 0.2) is 53.7 Å². The van der Waals surface area contributed by atoms with E-state index in [9.17, 15) is 9.59 Å². The SMILES string of the molecule is Cc1ccccc1NC(=O)Nc1ccc(CC(=O)N2CCCC2/C=N\O)cc1. The molecule has 0 radical (unpaired) electrons. The number of amides is 3. The Morgan fingerprint density at radius 3 is 2.64 bits per heavy atom. The molecule has 1 unspecified atom stereocenters. The first-order valence-corrected chi connectivity index (χ1v) is 9.26. The quantitative estimate of drug-likeness (QED) is 0.420. The number of carbonyl (C=O) groups excluding carboxylic acids is 2. The molecule has 3 N–H and O–H groups in total. The van der Waals surface area contributed by atoms with Gasteiger partial charge in [0.05, 0.1) is 18.7 Å². The van der Waals surface area contributed by atoms with Crippen molar-refractivity contribution < 1.29 is 14.8 Å². The van der Waals surface area contributed by atoms with E-state index in [1.165, 1.54) is 6.21 Å². The minimum Gasteiger partial charge on any atom is -0.411 e. The number of nitrogens with one attached hydrogen (secondary N) is 2. The fraction of sp³-hybridized carbons (Fsp3) is 0.286. The Morgan fingerprint density at radius 2 is 1.93 bits per heavy atom. The largest absolute Gasteiger partial charge is 0.411 e. The summed E-state index contributed by atoms with van der Waals surface area (Å²) < 4.78 is 0. The van der Waals surface area contributed by atoms with Gasteiger partial charge in [-0.05, 0) is 49.1 Å². The maximum absolute atomic E-state index is 12.5. The molecule has 0 spiro atoms. The third kappa shape index (κ3) is 4.88. The number of oxime groups is 1. The van der Waals surface area contributed by atoms with Crippen molar-refractivity contribution in [2.24, 2.45) is 5.16 Å². The summed E-state index contributed by atoms with van der Waals surface area (Å²) in [5.74, 6) is 0.000375. The lowest BCUT2D eigenvalue weighted by atomic mass is 10.1. The van der Waals surface area contributed by atoms with E-state index in [-0.39, 0.29) is 24.4 Å². The van der Waals surface area contributed by atoms with Gasteiger partial charge in [0.15, 0.2) is 0 Å². The van der Waals surface area contributed by atoms with Crippen molar-refractivity contribution in [2.75, 3.05) is 17.2 Å². The van der Waals surface area contributed by atoms with Crippen LogP contribution in [0, 0.1) is 6.92 Å². The van der Waals surface area contributed by atoms with Crippen LogP contribution < -0.4 is 10.6 Å². The molecule has 3 rings (SSSR count). The Morgan fingerprint density at radius 1 is 1.18 bits per heavy atom. The molecule has 1 fully saturated rings. The summed E-state index contributed by atoms with van der Waals surface area (Å²) in [5.41, 5.74) is 3.25. The molecule has 1 heterocycles. The van der Waals surface area contributed by atoms with Crippen molar-refractivity contribution in [1.29, 1.82) is 0 Å². The molecule has 3 amide bonds. The van der Waals surface area contributed by atoms with Gasteiger partial charge in [-0.2, -0.15) is 0 Å². The lowest BCUT2D eigenvalue weighted by Gasteiger charge is -2.21. The fourth-order valence-electron chi connectivity index (χ4n) is 3.31. The summed E-state index contributed by atoms with van der Waals surface area (Å²) in [6, 6.07) is 14.3. The number of hydrogen-bond donors (Lipinski definition) is 3. The zero-order valence-corrected chi connectivity index (χ0v) is 15.8. The highest BCUT2D eigenvalue weighted by molar-refractivity contribution is 6.00. The Labute approximate surface area is 164 Å². The second-order valence-corrected chi connectivity index (χ2v) is 6.83. The minimum atomic E-state index is -0.318. The van der Waals surface area contributed by atoms with Crippen LogP contribution in [0.2, 0.25) is 0 Å². The van der Waals surface area contributed by atoms with Crippen LogP contribution >= 0.6 is 0 Å². The molecule has 7 nitrogen and oxygen atoms in total. The lowest BCUT2D eigenvalue weighted by Crippen LogP contribution is -2.37. The first-order chi connectivity index (χ1) is 13.6. The Bertz CT molecular complexity index is 864. The van der Waals surface area contributed by atoms with Gasteiger partial charge in [-0.25, -0.2) is 4.79 Å². The van der Waals surface area contributed by atoms with Crippen LogP contribution in [-0.2, 0) is 11.2 Å². The van der Waals surface area contributed by atoms with E-state index in [0.29, 0.717) is 12.2 Å². The van der Waals surface area contributed by atoms with E-state index in [1.807, 2.05) is 43.3 Å². The van der Waals surface area contributed by atoms with Crippen molar-refractivity contribution in [3.8, 4) is 0 Å². The second kappa shape index (κ2) is 9.03. The van der Waals surface area contributed by atoms with Gasteiger partial charge >= 0.3 is 6.03 Å². The maximum atomic E-state index is 12.5. The molecule has 0 saturated carbocycles.